The zero-order valence-electron chi connectivity index (χ0n) is 28.1. The van der Waals surface area contributed by atoms with E-state index in [9.17, 15) is 9.59 Å². The lowest BCUT2D eigenvalue weighted by Gasteiger charge is -2.49. The smallest absolute Gasteiger partial charge is 0.410 e. The number of carbonyl (C=O) groups is 2. The largest absolute Gasteiger partial charge is 0.444 e. The Morgan fingerprint density at radius 1 is 0.909 bits per heavy atom. The monoisotopic (exact) mass is 622 g/mol. The summed E-state index contributed by atoms with van der Waals surface area (Å²) in [6.45, 7) is 17.6. The number of nitrogens with one attached hydrogen (secondary N) is 1. The molecule has 44 heavy (non-hydrogen) atoms. The van der Waals surface area contributed by atoms with Gasteiger partial charge in [0.05, 0.1) is 20.7 Å². The number of likely N-dealkylation sites (tertiary alicyclic amines) is 1. The molecule has 0 saturated carbocycles. The molecule has 3 atom stereocenters. The second-order valence-electron chi connectivity index (χ2n) is 14.4. The van der Waals surface area contributed by atoms with Gasteiger partial charge in [0, 0.05) is 19.2 Å². The molecule has 0 spiro atoms. The Morgan fingerprint density at radius 2 is 1.52 bits per heavy atom. The first-order chi connectivity index (χ1) is 20.7. The summed E-state index contributed by atoms with van der Waals surface area (Å²) < 4.78 is 17.4. The number of piperidine rings is 1. The Balaban J connectivity index is 1.76. The minimum Gasteiger partial charge on any atom is -0.444 e. The molecule has 2 amide bonds. The number of unbranched alkanes of at least 4 members (excludes halogenated alkanes) is 1. The van der Waals surface area contributed by atoms with Crippen LogP contribution in [0.4, 0.5) is 9.59 Å². The molecule has 0 radical (unpaired) electrons. The summed E-state index contributed by atoms with van der Waals surface area (Å²) in [6.07, 6.45) is 6.90. The number of benzene rings is 2. The van der Waals surface area contributed by atoms with Crippen LogP contribution in [0.15, 0.2) is 72.8 Å². The molecule has 3 rings (SSSR count). The maximum atomic E-state index is 13.6. The molecular formula is C36H54N2O5Si. The highest BCUT2D eigenvalue weighted by Gasteiger charge is 2.47. The van der Waals surface area contributed by atoms with Gasteiger partial charge in [0.1, 0.15) is 11.2 Å². The van der Waals surface area contributed by atoms with Gasteiger partial charge in [0.15, 0.2) is 0 Å². The van der Waals surface area contributed by atoms with Crippen molar-refractivity contribution in [3.05, 3.63) is 78.4 Å². The summed E-state index contributed by atoms with van der Waals surface area (Å²) in [6, 6.07) is 20.5. The van der Waals surface area contributed by atoms with Crippen LogP contribution in [-0.2, 0) is 20.8 Å². The minimum atomic E-state index is -2.11. The highest BCUT2D eigenvalue weighted by atomic mass is 28.3. The van der Waals surface area contributed by atoms with Crippen molar-refractivity contribution in [3.8, 4) is 0 Å². The summed E-state index contributed by atoms with van der Waals surface area (Å²) >= 11 is 0. The normalized spacial score (nSPS) is 19.5. The molecule has 0 bridgehead atoms. The first-order valence-electron chi connectivity index (χ1n) is 16.0. The molecule has 2 aromatic rings. The first-order valence-corrected chi connectivity index (χ1v) is 19.0. The number of alkyl carbamates (subject to hydrolysis) is 1. The van der Waals surface area contributed by atoms with E-state index in [0.717, 1.165) is 25.7 Å². The van der Waals surface area contributed by atoms with Gasteiger partial charge in [-0.1, -0.05) is 91.1 Å². The molecule has 7 nitrogen and oxygen atoms in total. The highest BCUT2D eigenvalue weighted by molar-refractivity contribution is 6.91. The lowest BCUT2D eigenvalue weighted by molar-refractivity contribution is 0.00385. The Labute approximate surface area is 266 Å². The molecule has 0 aromatic heterocycles. The van der Waals surface area contributed by atoms with E-state index in [4.69, 9.17) is 14.2 Å². The second-order valence-corrected chi connectivity index (χ2v) is 19.1. The van der Waals surface area contributed by atoms with E-state index in [0.29, 0.717) is 19.8 Å². The van der Waals surface area contributed by atoms with E-state index >= 15 is 0 Å². The Hall–Kier alpha value is -3.10. The summed E-state index contributed by atoms with van der Waals surface area (Å²) in [5, 5.41) is 4.50. The summed E-state index contributed by atoms with van der Waals surface area (Å²) in [7, 11) is -2.11. The molecule has 1 saturated heterocycles. The summed E-state index contributed by atoms with van der Waals surface area (Å²) in [5.74, 6) is 0. The van der Waals surface area contributed by atoms with Gasteiger partial charge in [-0.15, -0.1) is 0 Å². The van der Waals surface area contributed by atoms with Gasteiger partial charge >= 0.3 is 12.2 Å². The Morgan fingerprint density at radius 3 is 2.14 bits per heavy atom. The molecule has 8 heteroatoms. The molecule has 2 aromatic carbocycles. The predicted octanol–water partition coefficient (Wildman–Crippen LogP) is 7.82. The average molecular weight is 623 g/mol. The van der Waals surface area contributed by atoms with E-state index in [1.165, 1.54) is 10.8 Å². The van der Waals surface area contributed by atoms with Crippen molar-refractivity contribution in [2.75, 3.05) is 13.2 Å². The fraction of sp³-hybridized carbons (Fsp3) is 0.556. The van der Waals surface area contributed by atoms with Crippen LogP contribution >= 0.6 is 0 Å². The van der Waals surface area contributed by atoms with Crippen LogP contribution in [0, 0.1) is 0 Å². The molecule has 1 aliphatic rings. The third kappa shape index (κ3) is 11.4. The van der Waals surface area contributed by atoms with Gasteiger partial charge in [-0.2, -0.15) is 0 Å². The molecule has 1 N–H and O–H groups in total. The Kier molecular flexibility index (Phi) is 12.7. The first kappa shape index (κ1) is 35.4. The third-order valence-corrected chi connectivity index (χ3v) is 12.3. The van der Waals surface area contributed by atoms with Crippen LogP contribution in [0.5, 0.6) is 0 Å². The molecule has 0 aliphatic carbocycles. The predicted molar refractivity (Wildman–Crippen MR) is 181 cm³/mol. The number of allylic oxidation sites excluding steroid dienone is 1. The lowest BCUT2D eigenvalue weighted by Crippen LogP contribution is -2.63. The van der Waals surface area contributed by atoms with Crippen molar-refractivity contribution >= 4 is 25.4 Å². The number of ether oxygens (including phenoxy) is 3. The maximum Gasteiger partial charge on any atom is 0.410 e. The third-order valence-electron chi connectivity index (χ3n) is 7.97. The van der Waals surface area contributed by atoms with E-state index in [1.54, 1.807) is 0 Å². The van der Waals surface area contributed by atoms with E-state index in [1.807, 2.05) is 70.7 Å². The zero-order valence-corrected chi connectivity index (χ0v) is 29.1. The van der Waals surface area contributed by atoms with Crippen LogP contribution in [-0.4, -0.2) is 61.6 Å². The van der Waals surface area contributed by atoms with Gasteiger partial charge in [-0.25, -0.2) is 9.59 Å². The van der Waals surface area contributed by atoms with Crippen molar-refractivity contribution in [1.82, 2.24) is 10.2 Å². The number of nitrogens with zero attached hydrogens (tertiary/aromatic N) is 1. The van der Waals surface area contributed by atoms with Crippen molar-refractivity contribution in [2.45, 2.75) is 116 Å². The van der Waals surface area contributed by atoms with Crippen molar-refractivity contribution in [3.63, 3.8) is 0 Å². The molecule has 1 fully saturated rings. The van der Waals surface area contributed by atoms with Crippen LogP contribution in [0.3, 0.4) is 0 Å². The highest BCUT2D eigenvalue weighted by Crippen LogP contribution is 2.38. The molecule has 1 aliphatic heterocycles. The number of hydrogen-bond donors (Lipinski definition) is 1. The molecule has 1 heterocycles. The van der Waals surface area contributed by atoms with Crippen molar-refractivity contribution in [1.29, 1.82) is 0 Å². The minimum absolute atomic E-state index is 0.0485. The van der Waals surface area contributed by atoms with Crippen LogP contribution < -0.4 is 10.5 Å². The van der Waals surface area contributed by atoms with Gasteiger partial charge in [-0.05, 0) is 78.3 Å². The summed E-state index contributed by atoms with van der Waals surface area (Å²) in [4.78, 5) is 28.4. The van der Waals surface area contributed by atoms with Gasteiger partial charge < -0.3 is 24.4 Å². The average Bonchev–Trinajstić information content (AvgIpc) is 2.93. The van der Waals surface area contributed by atoms with E-state index < -0.39 is 25.4 Å². The number of amides is 2. The number of carbonyl (C=O) groups excluding carboxylic acids is 2. The lowest BCUT2D eigenvalue weighted by atomic mass is 9.95. The van der Waals surface area contributed by atoms with Crippen molar-refractivity contribution < 1.29 is 23.8 Å². The topological polar surface area (TPSA) is 77.1 Å². The van der Waals surface area contributed by atoms with E-state index in [-0.39, 0.29) is 23.7 Å². The summed E-state index contributed by atoms with van der Waals surface area (Å²) in [5.41, 5.74) is 0.116. The maximum absolute atomic E-state index is 13.6. The zero-order chi connectivity index (χ0) is 32.4. The number of rotatable bonds is 11. The SMILES string of the molecule is CC(C)(C)OC(=O)N[C@H]1CN(C(=O)OC(C)(C)C)[C@H](C/C=C/CCCOCc2ccccc2)C[C@H]1[Si](C)(C)c1ccccc1. The van der Waals surface area contributed by atoms with Gasteiger partial charge in [0.2, 0.25) is 0 Å². The molecular weight excluding hydrogens is 568 g/mol. The Bertz CT molecular complexity index is 1200. The standard InChI is InChI=1S/C36H54N2O5Si/c1-35(2,3)42-33(39)37-31-26-38(34(40)43-36(4,5)6)29(25-32(31)44(7,8)30-22-16-12-17-23-30)21-15-9-10-18-24-41-27-28-19-13-11-14-20-28/h9,11-17,19-20,22-23,29,31-32H,10,18,21,24-27H2,1-8H3,(H,37,39)/b15-9+/t29-,31+,32-/m1/s1. The fourth-order valence-electron chi connectivity index (χ4n) is 5.76. The fourth-order valence-corrected chi connectivity index (χ4v) is 9.30. The quantitative estimate of drug-likeness (QED) is 0.157. The molecule has 242 valence electrons. The van der Waals surface area contributed by atoms with Crippen molar-refractivity contribution in [2.24, 2.45) is 0 Å². The second kappa shape index (κ2) is 15.8. The van der Waals surface area contributed by atoms with Crippen LogP contribution in [0.25, 0.3) is 0 Å². The van der Waals surface area contributed by atoms with Crippen LogP contribution in [0.2, 0.25) is 18.6 Å². The van der Waals surface area contributed by atoms with E-state index in [2.05, 4.69) is 67.0 Å². The van der Waals surface area contributed by atoms with Gasteiger partial charge in [0.25, 0.3) is 0 Å². The van der Waals surface area contributed by atoms with Crippen LogP contribution in [0.1, 0.15) is 72.8 Å². The molecule has 0 unspecified atom stereocenters. The number of hydrogen-bond acceptors (Lipinski definition) is 5. The van der Waals surface area contributed by atoms with Gasteiger partial charge in [-0.3, -0.25) is 0 Å².